The Labute approximate surface area is 130 Å². The van der Waals surface area contributed by atoms with Gasteiger partial charge in [-0.2, -0.15) is 0 Å². The van der Waals surface area contributed by atoms with Crippen LogP contribution >= 0.6 is 11.6 Å². The molecule has 1 N–H and O–H groups in total. The maximum Gasteiger partial charge on any atom is 0.148 e. The largest absolute Gasteiger partial charge is 0.367 e. The van der Waals surface area contributed by atoms with Crippen LogP contribution < -0.4 is 5.32 Å². The first-order valence-electron chi connectivity index (χ1n) is 6.99. The lowest BCUT2D eigenvalue weighted by atomic mass is 10.1. The zero-order valence-corrected chi connectivity index (χ0v) is 13.9. The van der Waals surface area contributed by atoms with E-state index in [-0.39, 0.29) is 5.75 Å². The standard InChI is InChI=1S/C13H21ClN4O2S/c1-10-15-12(14)9-13(16-10)17-11-3-5-18(6-4-11)7-8-21(2,19)20/h9,11H,3-8H2,1-2H3,(H,15,16,17). The lowest BCUT2D eigenvalue weighted by molar-refractivity contribution is 0.230. The smallest absolute Gasteiger partial charge is 0.148 e. The van der Waals surface area contributed by atoms with Crippen LogP contribution in [0.4, 0.5) is 5.82 Å². The van der Waals surface area contributed by atoms with Crippen molar-refractivity contribution < 1.29 is 8.42 Å². The molecule has 2 rings (SSSR count). The number of hydrogen-bond acceptors (Lipinski definition) is 6. The highest BCUT2D eigenvalue weighted by atomic mass is 35.5. The SMILES string of the molecule is Cc1nc(Cl)cc(NC2CCN(CCS(C)(=O)=O)CC2)n1. The molecule has 1 saturated heterocycles. The van der Waals surface area contributed by atoms with Gasteiger partial charge in [-0.3, -0.25) is 0 Å². The quantitative estimate of drug-likeness (QED) is 0.821. The van der Waals surface area contributed by atoms with E-state index >= 15 is 0 Å². The Kier molecular flexibility index (Phi) is 5.40. The Bertz CT molecular complexity index is 566. The fourth-order valence-electron chi connectivity index (χ4n) is 2.41. The summed E-state index contributed by atoms with van der Waals surface area (Å²) in [6, 6.07) is 2.06. The van der Waals surface area contributed by atoms with Crippen LogP contribution in [0, 0.1) is 6.92 Å². The van der Waals surface area contributed by atoms with Gasteiger partial charge in [-0.15, -0.1) is 0 Å². The fourth-order valence-corrected chi connectivity index (χ4v) is 3.23. The van der Waals surface area contributed by atoms with Crippen LogP contribution in [0.3, 0.4) is 0 Å². The highest BCUT2D eigenvalue weighted by Crippen LogP contribution is 2.17. The van der Waals surface area contributed by atoms with Crippen LogP contribution in [0.25, 0.3) is 0 Å². The maximum absolute atomic E-state index is 11.2. The van der Waals surface area contributed by atoms with Gasteiger partial charge in [0.2, 0.25) is 0 Å². The predicted molar refractivity (Wildman–Crippen MR) is 84.6 cm³/mol. The van der Waals surface area contributed by atoms with Crippen LogP contribution in [0.15, 0.2) is 6.07 Å². The Hall–Kier alpha value is -0.920. The number of aromatic nitrogens is 2. The van der Waals surface area contributed by atoms with Gasteiger partial charge >= 0.3 is 0 Å². The summed E-state index contributed by atoms with van der Waals surface area (Å²) >= 11 is 5.92. The molecule has 6 nitrogen and oxygen atoms in total. The molecule has 1 aromatic rings. The normalized spacial score (nSPS) is 17.9. The topological polar surface area (TPSA) is 75.2 Å². The molecular weight excluding hydrogens is 312 g/mol. The number of hydrogen-bond donors (Lipinski definition) is 1. The molecule has 0 radical (unpaired) electrons. The monoisotopic (exact) mass is 332 g/mol. The summed E-state index contributed by atoms with van der Waals surface area (Å²) in [6.45, 7) is 4.21. The van der Waals surface area contributed by atoms with Crippen molar-refractivity contribution >= 4 is 27.3 Å². The van der Waals surface area contributed by atoms with Crippen LogP contribution in [0.5, 0.6) is 0 Å². The number of nitrogens with zero attached hydrogens (tertiary/aromatic N) is 3. The summed E-state index contributed by atoms with van der Waals surface area (Å²) < 4.78 is 22.4. The van der Waals surface area contributed by atoms with Crippen molar-refractivity contribution in [3.63, 3.8) is 0 Å². The van der Waals surface area contributed by atoms with Crippen LogP contribution in [0.2, 0.25) is 5.15 Å². The average molecular weight is 333 g/mol. The van der Waals surface area contributed by atoms with E-state index in [2.05, 4.69) is 20.2 Å². The van der Waals surface area contributed by atoms with Gasteiger partial charge in [-0.25, -0.2) is 18.4 Å². The van der Waals surface area contributed by atoms with E-state index < -0.39 is 9.84 Å². The first kappa shape index (κ1) is 16.5. The van der Waals surface area contributed by atoms with Crippen LogP contribution in [0.1, 0.15) is 18.7 Å². The highest BCUT2D eigenvalue weighted by molar-refractivity contribution is 7.90. The number of anilines is 1. The lowest BCUT2D eigenvalue weighted by Gasteiger charge is -2.32. The lowest BCUT2D eigenvalue weighted by Crippen LogP contribution is -2.41. The number of sulfone groups is 1. The molecule has 0 aromatic carbocycles. The molecule has 1 fully saturated rings. The summed E-state index contributed by atoms with van der Waals surface area (Å²) in [7, 11) is -2.88. The zero-order valence-electron chi connectivity index (χ0n) is 12.3. The molecule has 118 valence electrons. The summed E-state index contributed by atoms with van der Waals surface area (Å²) in [5, 5.41) is 3.82. The van der Waals surface area contributed by atoms with E-state index in [1.165, 1.54) is 6.26 Å². The second-order valence-electron chi connectivity index (χ2n) is 5.51. The summed E-state index contributed by atoms with van der Waals surface area (Å²) in [5.74, 6) is 1.63. The zero-order chi connectivity index (χ0) is 15.5. The van der Waals surface area contributed by atoms with Crippen molar-refractivity contribution in [3.8, 4) is 0 Å². The van der Waals surface area contributed by atoms with Gasteiger partial charge in [0, 0.05) is 38.0 Å². The molecule has 1 aliphatic rings. The first-order valence-corrected chi connectivity index (χ1v) is 9.43. The summed E-state index contributed by atoms with van der Waals surface area (Å²) in [5.41, 5.74) is 0. The van der Waals surface area contributed by atoms with Crippen molar-refractivity contribution in [2.75, 3.05) is 37.0 Å². The number of halogens is 1. The van der Waals surface area contributed by atoms with Crippen LogP contribution in [-0.2, 0) is 9.84 Å². The van der Waals surface area contributed by atoms with Gasteiger partial charge in [0.1, 0.15) is 26.6 Å². The van der Waals surface area contributed by atoms with Crippen molar-refractivity contribution in [1.29, 1.82) is 0 Å². The van der Waals surface area contributed by atoms with Gasteiger partial charge in [0.25, 0.3) is 0 Å². The minimum atomic E-state index is -2.88. The molecular formula is C13H21ClN4O2S. The summed E-state index contributed by atoms with van der Waals surface area (Å²) in [4.78, 5) is 10.5. The van der Waals surface area contributed by atoms with E-state index in [4.69, 9.17) is 11.6 Å². The number of aryl methyl sites for hydroxylation is 1. The van der Waals surface area contributed by atoms with Gasteiger partial charge in [-0.1, -0.05) is 11.6 Å². The number of nitrogens with one attached hydrogen (secondary N) is 1. The van der Waals surface area contributed by atoms with E-state index in [0.717, 1.165) is 31.7 Å². The number of piperidine rings is 1. The number of rotatable bonds is 5. The third kappa shape index (κ3) is 5.76. The van der Waals surface area contributed by atoms with E-state index in [1.54, 1.807) is 6.07 Å². The molecule has 8 heteroatoms. The molecule has 0 atom stereocenters. The van der Waals surface area contributed by atoms with Crippen molar-refractivity contribution in [2.45, 2.75) is 25.8 Å². The summed E-state index contributed by atoms with van der Waals surface area (Å²) in [6.07, 6.45) is 3.21. The van der Waals surface area contributed by atoms with E-state index in [1.807, 2.05) is 6.92 Å². The van der Waals surface area contributed by atoms with E-state index in [9.17, 15) is 8.42 Å². The Morgan fingerprint density at radius 2 is 2.05 bits per heavy atom. The Morgan fingerprint density at radius 1 is 1.38 bits per heavy atom. The molecule has 2 heterocycles. The second-order valence-corrected chi connectivity index (χ2v) is 8.16. The number of likely N-dealkylation sites (tertiary alicyclic amines) is 1. The van der Waals surface area contributed by atoms with Crippen molar-refractivity contribution in [2.24, 2.45) is 0 Å². The molecule has 0 bridgehead atoms. The predicted octanol–water partition coefficient (Wildman–Crippen LogP) is 1.36. The third-order valence-corrected chi connectivity index (χ3v) is 4.64. The highest BCUT2D eigenvalue weighted by Gasteiger charge is 2.20. The Morgan fingerprint density at radius 3 is 2.62 bits per heavy atom. The first-order chi connectivity index (χ1) is 9.82. The molecule has 0 saturated carbocycles. The Balaban J connectivity index is 1.81. The van der Waals surface area contributed by atoms with Gasteiger partial charge in [-0.05, 0) is 19.8 Å². The molecule has 0 aliphatic carbocycles. The maximum atomic E-state index is 11.2. The molecule has 0 spiro atoms. The molecule has 0 amide bonds. The molecule has 1 aromatic heterocycles. The fraction of sp³-hybridized carbons (Fsp3) is 0.692. The van der Waals surface area contributed by atoms with Gasteiger partial charge in [0.05, 0.1) is 5.75 Å². The minimum absolute atomic E-state index is 0.228. The van der Waals surface area contributed by atoms with Gasteiger partial charge in [0.15, 0.2) is 0 Å². The molecule has 1 aliphatic heterocycles. The average Bonchev–Trinajstić information content (AvgIpc) is 2.36. The van der Waals surface area contributed by atoms with Crippen LogP contribution in [-0.4, -0.2) is 61.0 Å². The third-order valence-electron chi connectivity index (χ3n) is 3.52. The minimum Gasteiger partial charge on any atom is -0.367 e. The molecule has 0 unspecified atom stereocenters. The second kappa shape index (κ2) is 6.89. The van der Waals surface area contributed by atoms with E-state index in [0.29, 0.717) is 23.6 Å². The van der Waals surface area contributed by atoms with Crippen molar-refractivity contribution in [1.82, 2.24) is 14.9 Å². The molecule has 21 heavy (non-hydrogen) atoms. The van der Waals surface area contributed by atoms with Gasteiger partial charge < -0.3 is 10.2 Å². The van der Waals surface area contributed by atoms with Crippen molar-refractivity contribution in [3.05, 3.63) is 17.0 Å².